The second-order valence-corrected chi connectivity index (χ2v) is 7.90. The van der Waals surface area contributed by atoms with E-state index in [-0.39, 0.29) is 12.2 Å². The maximum atomic E-state index is 14.1. The zero-order chi connectivity index (χ0) is 18.6. The number of nitrogens with one attached hydrogen (secondary N) is 3. The molecule has 1 aliphatic rings. The molecule has 0 saturated heterocycles. The van der Waals surface area contributed by atoms with E-state index in [0.717, 1.165) is 23.9 Å². The summed E-state index contributed by atoms with van der Waals surface area (Å²) >= 11 is 0. The Bertz CT molecular complexity index is 756. The Morgan fingerprint density at radius 1 is 1.28 bits per heavy atom. The Labute approximate surface area is 145 Å². The summed E-state index contributed by atoms with van der Waals surface area (Å²) in [6.45, 7) is 1.12. The van der Waals surface area contributed by atoms with Gasteiger partial charge in [-0.25, -0.2) is 12.8 Å². The lowest BCUT2D eigenvalue weighted by atomic mass is 10.0. The third-order valence-corrected chi connectivity index (χ3v) is 5.95. The van der Waals surface area contributed by atoms with Gasteiger partial charge in [0.25, 0.3) is 5.91 Å². The monoisotopic (exact) mass is 375 g/mol. The number of amides is 2. The minimum absolute atomic E-state index is 0.00360. The van der Waals surface area contributed by atoms with Gasteiger partial charge in [-0.1, -0.05) is 19.3 Å². The fourth-order valence-electron chi connectivity index (χ4n) is 2.67. The Morgan fingerprint density at radius 3 is 2.52 bits per heavy atom. The van der Waals surface area contributed by atoms with Crippen LogP contribution in [-0.2, 0) is 21.4 Å². The highest BCUT2D eigenvalue weighted by Crippen LogP contribution is 2.22. The van der Waals surface area contributed by atoms with Crippen LogP contribution in [0.4, 0.5) is 4.39 Å². The van der Waals surface area contributed by atoms with E-state index in [1.54, 1.807) is 0 Å². The number of hydrogen-bond acceptors (Lipinski definition) is 5. The summed E-state index contributed by atoms with van der Waals surface area (Å²) in [6, 6.07) is 0. The molecule has 140 valence electrons. The Balaban J connectivity index is 2.05. The van der Waals surface area contributed by atoms with Gasteiger partial charge in [-0.2, -0.15) is 5.10 Å². The third kappa shape index (κ3) is 4.54. The predicted octanol–water partition coefficient (Wildman–Crippen LogP) is -0.0265. The van der Waals surface area contributed by atoms with Gasteiger partial charge in [0.2, 0.25) is 15.9 Å². The lowest BCUT2D eigenvalue weighted by molar-refractivity contribution is -0.121. The Kier molecular flexibility index (Phi) is 6.11. The summed E-state index contributed by atoms with van der Waals surface area (Å²) in [5.74, 6) is -2.33. The van der Waals surface area contributed by atoms with E-state index in [1.807, 2.05) is 10.3 Å². The first-order valence-electron chi connectivity index (χ1n) is 8.00. The molecular formula is C14H22FN5O4S. The van der Waals surface area contributed by atoms with E-state index in [0.29, 0.717) is 12.8 Å². The molecule has 0 radical (unpaired) electrons. The number of halogens is 1. The topological polar surface area (TPSA) is 122 Å². The SMILES string of the molecule is CNC(=O)Cn1nc(C(=O)NNS(=O)(=O)C2CCCCC2)c(F)c1C. The molecule has 1 heterocycles. The summed E-state index contributed by atoms with van der Waals surface area (Å²) in [4.78, 5) is 25.4. The minimum Gasteiger partial charge on any atom is -0.358 e. The van der Waals surface area contributed by atoms with Crippen LogP contribution in [0.25, 0.3) is 0 Å². The summed E-state index contributed by atoms with van der Waals surface area (Å²) in [6.07, 6.45) is 3.68. The highest BCUT2D eigenvalue weighted by molar-refractivity contribution is 7.90. The van der Waals surface area contributed by atoms with E-state index < -0.39 is 38.6 Å². The number of hydrazine groups is 1. The summed E-state index contributed by atoms with van der Waals surface area (Å²) in [5, 5.41) is 5.54. The molecule has 3 N–H and O–H groups in total. The molecule has 11 heteroatoms. The number of carbonyl (C=O) groups excluding carboxylic acids is 2. The standard InChI is InChI=1S/C14H22FN5O4S/c1-9-12(15)13(18-20(9)8-11(21)16-2)14(22)17-19-25(23,24)10-6-4-3-5-7-10/h10,19H,3-8H2,1-2H3,(H,16,21)(H,17,22). The van der Waals surface area contributed by atoms with Gasteiger partial charge in [-0.15, -0.1) is 4.83 Å². The summed E-state index contributed by atoms with van der Waals surface area (Å²) in [7, 11) is -2.31. The van der Waals surface area contributed by atoms with Crippen LogP contribution in [0, 0.1) is 12.7 Å². The third-order valence-electron chi connectivity index (χ3n) is 4.22. The largest absolute Gasteiger partial charge is 0.358 e. The zero-order valence-electron chi connectivity index (χ0n) is 14.1. The number of aromatic nitrogens is 2. The van der Waals surface area contributed by atoms with Crippen LogP contribution in [0.1, 0.15) is 48.3 Å². The van der Waals surface area contributed by atoms with Crippen molar-refractivity contribution in [1.82, 2.24) is 25.4 Å². The van der Waals surface area contributed by atoms with Crippen LogP contribution in [0.3, 0.4) is 0 Å². The molecule has 1 aliphatic carbocycles. The molecule has 1 aromatic heterocycles. The molecule has 0 unspecified atom stereocenters. The molecule has 1 fully saturated rings. The molecular weight excluding hydrogens is 353 g/mol. The summed E-state index contributed by atoms with van der Waals surface area (Å²) in [5.41, 5.74) is 1.42. The number of carbonyl (C=O) groups is 2. The van der Waals surface area contributed by atoms with E-state index in [1.165, 1.54) is 14.0 Å². The van der Waals surface area contributed by atoms with Gasteiger partial charge in [-0.3, -0.25) is 19.7 Å². The minimum atomic E-state index is -3.73. The van der Waals surface area contributed by atoms with Crippen LogP contribution < -0.4 is 15.6 Å². The molecule has 2 rings (SSSR count). The first-order valence-corrected chi connectivity index (χ1v) is 9.55. The van der Waals surface area contributed by atoms with E-state index in [4.69, 9.17) is 0 Å². The van der Waals surface area contributed by atoms with Crippen LogP contribution in [0.15, 0.2) is 0 Å². The van der Waals surface area contributed by atoms with Crippen LogP contribution in [0.2, 0.25) is 0 Å². The number of sulfonamides is 1. The molecule has 0 aromatic carbocycles. The van der Waals surface area contributed by atoms with Crippen molar-refractivity contribution in [3.63, 3.8) is 0 Å². The number of rotatable bonds is 6. The normalized spacial score (nSPS) is 15.8. The van der Waals surface area contributed by atoms with Gasteiger partial charge >= 0.3 is 0 Å². The smallest absolute Gasteiger partial charge is 0.289 e. The van der Waals surface area contributed by atoms with Crippen molar-refractivity contribution in [3.05, 3.63) is 17.2 Å². The van der Waals surface area contributed by atoms with Gasteiger partial charge < -0.3 is 5.32 Å². The van der Waals surface area contributed by atoms with Crippen LogP contribution in [0.5, 0.6) is 0 Å². The maximum absolute atomic E-state index is 14.1. The predicted molar refractivity (Wildman–Crippen MR) is 87.4 cm³/mol. The van der Waals surface area contributed by atoms with Crippen molar-refractivity contribution in [2.75, 3.05) is 7.05 Å². The maximum Gasteiger partial charge on any atom is 0.289 e. The van der Waals surface area contributed by atoms with Crippen molar-refractivity contribution in [3.8, 4) is 0 Å². The second kappa shape index (κ2) is 7.91. The Hall–Kier alpha value is -2.01. The van der Waals surface area contributed by atoms with Crippen molar-refractivity contribution >= 4 is 21.8 Å². The van der Waals surface area contributed by atoms with Crippen molar-refractivity contribution in [2.24, 2.45) is 0 Å². The van der Waals surface area contributed by atoms with Crippen molar-refractivity contribution in [1.29, 1.82) is 0 Å². The molecule has 0 spiro atoms. The van der Waals surface area contributed by atoms with Crippen molar-refractivity contribution in [2.45, 2.75) is 50.8 Å². The molecule has 1 saturated carbocycles. The molecule has 0 aliphatic heterocycles. The number of hydrogen-bond donors (Lipinski definition) is 3. The number of nitrogens with zero attached hydrogens (tertiary/aromatic N) is 2. The quantitative estimate of drug-likeness (QED) is 0.603. The number of likely N-dealkylation sites (N-methyl/N-ethyl adjacent to an activating group) is 1. The first-order chi connectivity index (χ1) is 11.8. The average Bonchev–Trinajstić information content (AvgIpc) is 2.89. The van der Waals surface area contributed by atoms with Crippen LogP contribution >= 0.6 is 0 Å². The van der Waals surface area contributed by atoms with Gasteiger partial charge in [0.05, 0.1) is 10.9 Å². The van der Waals surface area contributed by atoms with E-state index in [2.05, 4.69) is 10.4 Å². The lowest BCUT2D eigenvalue weighted by Gasteiger charge is -2.21. The van der Waals surface area contributed by atoms with Gasteiger partial charge in [0.1, 0.15) is 6.54 Å². The highest BCUT2D eigenvalue weighted by Gasteiger charge is 2.29. The van der Waals surface area contributed by atoms with Gasteiger partial charge in [0, 0.05) is 7.05 Å². The fourth-order valence-corrected chi connectivity index (χ4v) is 4.03. The van der Waals surface area contributed by atoms with Gasteiger partial charge in [-0.05, 0) is 19.8 Å². The summed E-state index contributed by atoms with van der Waals surface area (Å²) < 4.78 is 39.5. The highest BCUT2D eigenvalue weighted by atomic mass is 32.2. The van der Waals surface area contributed by atoms with Crippen LogP contribution in [-0.4, -0.2) is 42.3 Å². The lowest BCUT2D eigenvalue weighted by Crippen LogP contribution is -2.46. The van der Waals surface area contributed by atoms with Crippen molar-refractivity contribution < 1.29 is 22.4 Å². The zero-order valence-corrected chi connectivity index (χ0v) is 15.0. The molecule has 2 amide bonds. The average molecular weight is 375 g/mol. The first kappa shape index (κ1) is 19.3. The van der Waals surface area contributed by atoms with Gasteiger partial charge in [0.15, 0.2) is 11.5 Å². The molecule has 0 bridgehead atoms. The Morgan fingerprint density at radius 2 is 1.92 bits per heavy atom. The van der Waals surface area contributed by atoms with E-state index in [9.17, 15) is 22.4 Å². The molecule has 9 nitrogen and oxygen atoms in total. The molecule has 0 atom stereocenters. The second-order valence-electron chi connectivity index (χ2n) is 5.94. The molecule has 25 heavy (non-hydrogen) atoms. The molecule has 1 aromatic rings. The van der Waals surface area contributed by atoms with E-state index >= 15 is 0 Å². The fraction of sp³-hybridized carbons (Fsp3) is 0.643.